The van der Waals surface area contributed by atoms with Crippen molar-refractivity contribution < 1.29 is 14.6 Å². The molecule has 0 heterocycles. The van der Waals surface area contributed by atoms with E-state index in [0.29, 0.717) is 23.1 Å². The Bertz CT molecular complexity index is 445. The molecule has 1 saturated carbocycles. The molecule has 4 nitrogen and oxygen atoms in total. The summed E-state index contributed by atoms with van der Waals surface area (Å²) >= 11 is 6.18. The van der Waals surface area contributed by atoms with Crippen LogP contribution in [0.4, 0.5) is 0 Å². The van der Waals surface area contributed by atoms with Crippen molar-refractivity contribution in [1.29, 1.82) is 0 Å². The highest BCUT2D eigenvalue weighted by molar-refractivity contribution is 6.32. The van der Waals surface area contributed by atoms with Gasteiger partial charge in [-0.3, -0.25) is 0 Å². The summed E-state index contributed by atoms with van der Waals surface area (Å²) < 4.78 is 11.0. The highest BCUT2D eigenvalue weighted by Gasteiger charge is 2.32. The zero-order chi connectivity index (χ0) is 13.9. The van der Waals surface area contributed by atoms with Gasteiger partial charge in [-0.05, 0) is 30.5 Å². The molecule has 1 aliphatic carbocycles. The number of hydrogen-bond acceptors (Lipinski definition) is 4. The highest BCUT2D eigenvalue weighted by Crippen LogP contribution is 2.38. The lowest BCUT2D eigenvalue weighted by Crippen LogP contribution is -2.32. The molecule has 1 aliphatic rings. The van der Waals surface area contributed by atoms with Gasteiger partial charge in [-0.15, -0.1) is 0 Å². The minimum Gasteiger partial charge on any atom is -0.493 e. The van der Waals surface area contributed by atoms with Gasteiger partial charge in [0.05, 0.1) is 17.7 Å². The van der Waals surface area contributed by atoms with Gasteiger partial charge < -0.3 is 20.3 Å². The third-order valence-electron chi connectivity index (χ3n) is 3.54. The molecule has 0 amide bonds. The van der Waals surface area contributed by atoms with Crippen molar-refractivity contribution in [3.05, 3.63) is 22.7 Å². The second kappa shape index (κ2) is 5.99. The number of nitrogens with two attached hydrogens (primary N) is 1. The highest BCUT2D eigenvalue weighted by atomic mass is 35.5. The van der Waals surface area contributed by atoms with E-state index in [9.17, 15) is 5.11 Å². The van der Waals surface area contributed by atoms with Gasteiger partial charge in [0.15, 0.2) is 11.5 Å². The van der Waals surface area contributed by atoms with Gasteiger partial charge in [0.25, 0.3) is 0 Å². The summed E-state index contributed by atoms with van der Waals surface area (Å²) in [6.45, 7) is 0.630. The maximum absolute atomic E-state index is 10.3. The topological polar surface area (TPSA) is 64.7 Å². The van der Waals surface area contributed by atoms with Gasteiger partial charge in [-0.25, -0.2) is 0 Å². The predicted molar refractivity (Wildman–Crippen MR) is 74.8 cm³/mol. The Morgan fingerprint density at radius 3 is 2.63 bits per heavy atom. The Morgan fingerprint density at radius 2 is 2.05 bits per heavy atom. The Kier molecular flexibility index (Phi) is 4.55. The molecule has 5 heteroatoms. The number of ether oxygens (including phenoxy) is 2. The van der Waals surface area contributed by atoms with Gasteiger partial charge in [-0.2, -0.15) is 0 Å². The van der Waals surface area contributed by atoms with Crippen molar-refractivity contribution in [2.24, 2.45) is 5.73 Å². The van der Waals surface area contributed by atoms with Gasteiger partial charge in [-0.1, -0.05) is 24.4 Å². The molecular formula is C14H20ClNO3. The van der Waals surface area contributed by atoms with Crippen molar-refractivity contribution >= 4 is 11.6 Å². The Hall–Kier alpha value is -0.970. The van der Waals surface area contributed by atoms with Crippen LogP contribution >= 0.6 is 11.6 Å². The maximum atomic E-state index is 10.3. The van der Waals surface area contributed by atoms with E-state index >= 15 is 0 Å². The van der Waals surface area contributed by atoms with E-state index in [1.54, 1.807) is 19.2 Å². The molecule has 1 fully saturated rings. The van der Waals surface area contributed by atoms with Crippen LogP contribution in [0.25, 0.3) is 0 Å². The Labute approximate surface area is 118 Å². The first-order chi connectivity index (χ1) is 9.08. The Morgan fingerprint density at radius 1 is 1.37 bits per heavy atom. The molecule has 1 aromatic carbocycles. The molecule has 0 aliphatic heterocycles. The van der Waals surface area contributed by atoms with Crippen molar-refractivity contribution in [3.63, 3.8) is 0 Å². The van der Waals surface area contributed by atoms with Crippen molar-refractivity contribution in [3.8, 4) is 11.5 Å². The summed E-state index contributed by atoms with van der Waals surface area (Å²) in [4.78, 5) is 0. The molecule has 0 spiro atoms. The number of aliphatic hydroxyl groups is 1. The zero-order valence-electron chi connectivity index (χ0n) is 11.1. The van der Waals surface area contributed by atoms with Crippen LogP contribution < -0.4 is 15.2 Å². The van der Waals surface area contributed by atoms with E-state index in [0.717, 1.165) is 31.2 Å². The summed E-state index contributed by atoms with van der Waals surface area (Å²) in [6.07, 6.45) is 3.62. The first-order valence-corrected chi connectivity index (χ1v) is 6.87. The van der Waals surface area contributed by atoms with Crippen LogP contribution in [0.1, 0.15) is 31.2 Å². The molecule has 0 saturated heterocycles. The maximum Gasteiger partial charge on any atom is 0.179 e. The number of methoxy groups -OCH3 is 1. The number of halogens is 1. The van der Waals surface area contributed by atoms with E-state index in [4.69, 9.17) is 26.8 Å². The molecule has 0 radical (unpaired) electrons. The summed E-state index contributed by atoms with van der Waals surface area (Å²) in [5, 5.41) is 10.7. The summed E-state index contributed by atoms with van der Waals surface area (Å²) in [6, 6.07) is 3.57. The minimum absolute atomic E-state index is 0.241. The largest absolute Gasteiger partial charge is 0.493 e. The molecule has 0 unspecified atom stereocenters. The van der Waals surface area contributed by atoms with Crippen LogP contribution in [-0.2, 0) is 6.54 Å². The SMILES string of the molecule is COc1cc(CN)cc(Cl)c1OCC1(O)CCCC1. The average Bonchev–Trinajstić information content (AvgIpc) is 2.83. The number of rotatable bonds is 5. The quantitative estimate of drug-likeness (QED) is 0.872. The third-order valence-corrected chi connectivity index (χ3v) is 3.83. The zero-order valence-corrected chi connectivity index (χ0v) is 11.9. The Balaban J connectivity index is 2.15. The van der Waals surface area contributed by atoms with E-state index in [1.807, 2.05) is 0 Å². The van der Waals surface area contributed by atoms with Crippen LogP contribution in [0.15, 0.2) is 12.1 Å². The van der Waals surface area contributed by atoms with E-state index < -0.39 is 5.60 Å². The van der Waals surface area contributed by atoms with Crippen LogP contribution in [0.3, 0.4) is 0 Å². The van der Waals surface area contributed by atoms with Gasteiger partial charge in [0.2, 0.25) is 0 Å². The van der Waals surface area contributed by atoms with Crippen LogP contribution in [0.5, 0.6) is 11.5 Å². The van der Waals surface area contributed by atoms with Crippen LogP contribution in [0.2, 0.25) is 5.02 Å². The van der Waals surface area contributed by atoms with E-state index in [-0.39, 0.29) is 6.61 Å². The van der Waals surface area contributed by atoms with E-state index in [1.165, 1.54) is 0 Å². The molecule has 0 bridgehead atoms. The molecule has 19 heavy (non-hydrogen) atoms. The molecule has 106 valence electrons. The summed E-state index contributed by atoms with van der Waals surface area (Å²) in [7, 11) is 1.56. The number of hydrogen-bond donors (Lipinski definition) is 2. The molecule has 0 atom stereocenters. The van der Waals surface area contributed by atoms with Crippen LogP contribution in [0, 0.1) is 0 Å². The minimum atomic E-state index is -0.735. The second-order valence-corrected chi connectivity index (χ2v) is 5.44. The monoisotopic (exact) mass is 285 g/mol. The van der Waals surface area contributed by atoms with Crippen molar-refractivity contribution in [2.45, 2.75) is 37.8 Å². The first kappa shape index (κ1) is 14.4. The second-order valence-electron chi connectivity index (χ2n) is 5.03. The summed E-state index contributed by atoms with van der Waals surface area (Å²) in [5.41, 5.74) is 5.74. The standard InChI is InChI=1S/C14H20ClNO3/c1-18-12-7-10(8-16)6-11(15)13(12)19-9-14(17)4-2-3-5-14/h6-7,17H,2-5,8-9,16H2,1H3. The molecule has 3 N–H and O–H groups in total. The lowest BCUT2D eigenvalue weighted by molar-refractivity contribution is 0.000768. The van der Waals surface area contributed by atoms with E-state index in [2.05, 4.69) is 0 Å². The summed E-state index contributed by atoms with van der Waals surface area (Å²) in [5.74, 6) is 1.02. The average molecular weight is 286 g/mol. The van der Waals surface area contributed by atoms with Crippen molar-refractivity contribution in [2.75, 3.05) is 13.7 Å². The van der Waals surface area contributed by atoms with Crippen LogP contribution in [-0.4, -0.2) is 24.4 Å². The van der Waals surface area contributed by atoms with Crippen molar-refractivity contribution in [1.82, 2.24) is 0 Å². The molecule has 2 rings (SSSR count). The predicted octanol–water partition coefficient (Wildman–Crippen LogP) is 2.49. The lowest BCUT2D eigenvalue weighted by atomic mass is 10.0. The normalized spacial score (nSPS) is 17.5. The fourth-order valence-corrected chi connectivity index (χ4v) is 2.70. The van der Waals surface area contributed by atoms with Gasteiger partial charge >= 0.3 is 0 Å². The lowest BCUT2D eigenvalue weighted by Gasteiger charge is -2.23. The van der Waals surface area contributed by atoms with Gasteiger partial charge in [0, 0.05) is 6.54 Å². The molecule has 0 aromatic heterocycles. The number of benzene rings is 1. The fourth-order valence-electron chi connectivity index (χ4n) is 2.42. The first-order valence-electron chi connectivity index (χ1n) is 6.49. The fraction of sp³-hybridized carbons (Fsp3) is 0.571. The molecule has 1 aromatic rings. The van der Waals surface area contributed by atoms with Gasteiger partial charge in [0.1, 0.15) is 6.61 Å². The third kappa shape index (κ3) is 3.32. The molecular weight excluding hydrogens is 266 g/mol. The smallest absolute Gasteiger partial charge is 0.179 e.